The number of amides is 3. The second kappa shape index (κ2) is 8.98. The fourth-order valence-electron chi connectivity index (χ4n) is 4.15. The van der Waals surface area contributed by atoms with Gasteiger partial charge in [-0.15, -0.1) is 0 Å². The van der Waals surface area contributed by atoms with E-state index < -0.39 is 5.82 Å². The Kier molecular flexibility index (Phi) is 5.70. The maximum atomic E-state index is 14.6. The van der Waals surface area contributed by atoms with Crippen LogP contribution in [0.25, 0.3) is 5.69 Å². The number of imide groups is 1. The monoisotopic (exact) mass is 468 g/mol. The van der Waals surface area contributed by atoms with Crippen LogP contribution in [0.5, 0.6) is 0 Å². The predicted octanol–water partition coefficient (Wildman–Crippen LogP) is 4.05. The van der Waals surface area contributed by atoms with Gasteiger partial charge < -0.3 is 9.88 Å². The van der Waals surface area contributed by atoms with Gasteiger partial charge in [0.05, 0.1) is 23.4 Å². The molecule has 0 fully saturated rings. The molecule has 0 atom stereocenters. The number of carbonyl (C=O) groups excluding carboxylic acids is 3. The highest BCUT2D eigenvalue weighted by atomic mass is 19.1. The van der Waals surface area contributed by atoms with Crippen molar-refractivity contribution in [3.63, 3.8) is 0 Å². The van der Waals surface area contributed by atoms with Crippen LogP contribution in [0.3, 0.4) is 0 Å². The zero-order chi connectivity index (χ0) is 24.5. The summed E-state index contributed by atoms with van der Waals surface area (Å²) in [6.45, 7) is 1.99. The molecule has 2 heterocycles. The zero-order valence-electron chi connectivity index (χ0n) is 18.9. The molecule has 0 unspecified atom stereocenters. The lowest BCUT2D eigenvalue weighted by molar-refractivity contribution is 0.0642. The standard InChI is InChI=1S/C27H21FN4O3/c1-17-29-11-12-31(17)24-10-9-18(14-23(24)28)15-30-25(33)20-6-4-5-19(13-20)16-32-26(34)21-7-2-3-8-22(21)27(32)35/h2-14H,15-16H2,1H3,(H,30,33). The summed E-state index contributed by atoms with van der Waals surface area (Å²) in [5.74, 6) is -0.787. The molecule has 4 aromatic rings. The Labute approximate surface area is 200 Å². The second-order valence-corrected chi connectivity index (χ2v) is 8.26. The minimum atomic E-state index is -0.416. The highest BCUT2D eigenvalue weighted by Gasteiger charge is 2.35. The first-order valence-electron chi connectivity index (χ1n) is 11.0. The number of hydrogen-bond acceptors (Lipinski definition) is 4. The van der Waals surface area contributed by atoms with Gasteiger partial charge >= 0.3 is 0 Å². The van der Waals surface area contributed by atoms with E-state index in [1.807, 2.05) is 0 Å². The molecule has 0 saturated heterocycles. The van der Waals surface area contributed by atoms with Crippen LogP contribution < -0.4 is 5.32 Å². The Balaban J connectivity index is 1.25. The van der Waals surface area contributed by atoms with Gasteiger partial charge in [0.1, 0.15) is 11.6 Å². The van der Waals surface area contributed by atoms with E-state index >= 15 is 0 Å². The van der Waals surface area contributed by atoms with Crippen molar-refractivity contribution < 1.29 is 18.8 Å². The van der Waals surface area contributed by atoms with Gasteiger partial charge in [0.2, 0.25) is 0 Å². The molecule has 3 amide bonds. The average Bonchev–Trinajstić information content (AvgIpc) is 3.39. The molecule has 8 heteroatoms. The normalized spacial score (nSPS) is 12.7. The van der Waals surface area contributed by atoms with Crippen LogP contribution >= 0.6 is 0 Å². The molecule has 35 heavy (non-hydrogen) atoms. The quantitative estimate of drug-likeness (QED) is 0.433. The van der Waals surface area contributed by atoms with E-state index in [1.165, 1.54) is 11.0 Å². The number of benzene rings is 3. The second-order valence-electron chi connectivity index (χ2n) is 8.26. The van der Waals surface area contributed by atoms with Crippen molar-refractivity contribution in [1.82, 2.24) is 19.8 Å². The van der Waals surface area contributed by atoms with E-state index in [0.29, 0.717) is 39.3 Å². The Morgan fingerprint density at radius 3 is 2.34 bits per heavy atom. The third-order valence-corrected chi connectivity index (χ3v) is 5.96. The topological polar surface area (TPSA) is 84.3 Å². The number of fused-ring (bicyclic) bond motifs is 1. The number of aryl methyl sites for hydroxylation is 1. The minimum Gasteiger partial charge on any atom is -0.348 e. The molecule has 174 valence electrons. The zero-order valence-corrected chi connectivity index (χ0v) is 18.9. The lowest BCUT2D eigenvalue weighted by Crippen LogP contribution is -2.29. The molecule has 0 aliphatic carbocycles. The fourth-order valence-corrected chi connectivity index (χ4v) is 4.15. The van der Waals surface area contributed by atoms with Crippen molar-refractivity contribution in [2.75, 3.05) is 0 Å². The highest BCUT2D eigenvalue weighted by molar-refractivity contribution is 6.21. The van der Waals surface area contributed by atoms with E-state index in [2.05, 4.69) is 10.3 Å². The molecule has 0 bridgehead atoms. The molecule has 1 N–H and O–H groups in total. The van der Waals surface area contributed by atoms with Crippen molar-refractivity contribution in [2.45, 2.75) is 20.0 Å². The van der Waals surface area contributed by atoms with Gasteiger partial charge in [-0.2, -0.15) is 0 Å². The fraction of sp³-hybridized carbons (Fsp3) is 0.111. The molecule has 0 saturated carbocycles. The lowest BCUT2D eigenvalue weighted by Gasteiger charge is -2.14. The third-order valence-electron chi connectivity index (χ3n) is 5.96. The van der Waals surface area contributed by atoms with Gasteiger partial charge in [-0.25, -0.2) is 9.37 Å². The van der Waals surface area contributed by atoms with Gasteiger partial charge in [0.15, 0.2) is 0 Å². The van der Waals surface area contributed by atoms with Crippen LogP contribution in [0.15, 0.2) is 79.1 Å². The van der Waals surface area contributed by atoms with E-state index in [0.717, 1.165) is 0 Å². The number of nitrogens with one attached hydrogen (secondary N) is 1. The first kappa shape index (κ1) is 22.2. The molecular formula is C27H21FN4O3. The molecule has 3 aromatic carbocycles. The Hall–Kier alpha value is -4.59. The number of aromatic nitrogens is 2. The van der Waals surface area contributed by atoms with Crippen molar-refractivity contribution in [3.05, 3.63) is 119 Å². The molecule has 1 aliphatic heterocycles. The van der Waals surface area contributed by atoms with Gasteiger partial charge in [-0.3, -0.25) is 19.3 Å². The number of carbonyl (C=O) groups is 3. The Morgan fingerprint density at radius 1 is 0.943 bits per heavy atom. The summed E-state index contributed by atoms with van der Waals surface area (Å²) in [5, 5.41) is 2.79. The Bertz CT molecular complexity index is 1440. The third kappa shape index (κ3) is 4.21. The maximum absolute atomic E-state index is 14.6. The van der Waals surface area contributed by atoms with Crippen LogP contribution in [0.4, 0.5) is 4.39 Å². The van der Waals surface area contributed by atoms with Crippen molar-refractivity contribution >= 4 is 17.7 Å². The molecule has 1 aliphatic rings. The van der Waals surface area contributed by atoms with Crippen LogP contribution in [-0.2, 0) is 13.1 Å². The molecule has 1 aromatic heterocycles. The maximum Gasteiger partial charge on any atom is 0.261 e. The molecule has 0 spiro atoms. The van der Waals surface area contributed by atoms with Crippen molar-refractivity contribution in [1.29, 1.82) is 0 Å². The summed E-state index contributed by atoms with van der Waals surface area (Å²) < 4.78 is 16.3. The van der Waals surface area contributed by atoms with Crippen LogP contribution in [-0.4, -0.2) is 32.2 Å². The minimum absolute atomic E-state index is 0.0633. The predicted molar refractivity (Wildman–Crippen MR) is 127 cm³/mol. The van der Waals surface area contributed by atoms with Crippen LogP contribution in [0, 0.1) is 12.7 Å². The van der Waals surface area contributed by atoms with E-state index in [-0.39, 0.29) is 30.8 Å². The smallest absolute Gasteiger partial charge is 0.261 e. The average molecular weight is 468 g/mol. The largest absolute Gasteiger partial charge is 0.348 e. The van der Waals surface area contributed by atoms with Gasteiger partial charge in [-0.1, -0.05) is 30.3 Å². The van der Waals surface area contributed by atoms with Crippen LogP contribution in [0.2, 0.25) is 0 Å². The lowest BCUT2D eigenvalue weighted by atomic mass is 10.1. The number of rotatable bonds is 6. The number of nitrogens with zero attached hydrogens (tertiary/aromatic N) is 3. The van der Waals surface area contributed by atoms with Crippen LogP contribution in [0.1, 0.15) is 48.0 Å². The van der Waals surface area contributed by atoms with E-state index in [9.17, 15) is 18.8 Å². The van der Waals surface area contributed by atoms with Gasteiger partial charge in [0.25, 0.3) is 17.7 Å². The summed E-state index contributed by atoms with van der Waals surface area (Å²) >= 11 is 0. The van der Waals surface area contributed by atoms with Gasteiger partial charge in [-0.05, 0) is 54.4 Å². The number of halogens is 1. The Morgan fingerprint density at radius 2 is 1.69 bits per heavy atom. The number of hydrogen-bond donors (Lipinski definition) is 1. The van der Waals surface area contributed by atoms with Crippen molar-refractivity contribution in [3.8, 4) is 5.69 Å². The number of imidazole rings is 1. The van der Waals surface area contributed by atoms with E-state index in [1.54, 1.807) is 84.5 Å². The van der Waals surface area contributed by atoms with E-state index in [4.69, 9.17) is 0 Å². The summed E-state index contributed by atoms with van der Waals surface area (Å²) in [6.07, 6.45) is 3.29. The first-order valence-corrected chi connectivity index (χ1v) is 11.0. The molecule has 5 rings (SSSR count). The van der Waals surface area contributed by atoms with Gasteiger partial charge in [0, 0.05) is 24.5 Å². The summed E-state index contributed by atoms with van der Waals surface area (Å²) in [7, 11) is 0. The molecule has 0 radical (unpaired) electrons. The molecule has 7 nitrogen and oxygen atoms in total. The first-order chi connectivity index (χ1) is 16.9. The van der Waals surface area contributed by atoms with Crippen molar-refractivity contribution in [2.24, 2.45) is 0 Å². The summed E-state index contributed by atoms with van der Waals surface area (Å²) in [5.41, 5.74) is 2.79. The SMILES string of the molecule is Cc1nccn1-c1ccc(CNC(=O)c2cccc(CN3C(=O)c4ccccc4C3=O)c2)cc1F. The highest BCUT2D eigenvalue weighted by Crippen LogP contribution is 2.24. The molecular weight excluding hydrogens is 447 g/mol. The summed E-state index contributed by atoms with van der Waals surface area (Å²) in [6, 6.07) is 18.2. The summed E-state index contributed by atoms with van der Waals surface area (Å²) in [4.78, 5) is 43.3.